The number of carboxylic acids is 1. The second-order valence-corrected chi connectivity index (χ2v) is 5.32. The molecule has 88 valence electrons. The smallest absolute Gasteiger partial charge is 0.313 e. The van der Waals surface area contributed by atoms with Gasteiger partial charge in [0.15, 0.2) is 4.34 Å². The molecule has 0 unspecified atom stereocenters. The maximum absolute atomic E-state index is 10.6. The summed E-state index contributed by atoms with van der Waals surface area (Å²) in [7, 11) is 0. The number of benzene rings is 1. The third-order valence-electron chi connectivity index (χ3n) is 1.88. The number of thioether (sulfide) groups is 1. The summed E-state index contributed by atoms with van der Waals surface area (Å²) in [5.41, 5.74) is 0.509. The van der Waals surface area contributed by atoms with Crippen molar-refractivity contribution >= 4 is 45.0 Å². The quantitative estimate of drug-likeness (QED) is 0.521. The van der Waals surface area contributed by atoms with E-state index in [-0.39, 0.29) is 11.4 Å². The summed E-state index contributed by atoms with van der Waals surface area (Å²) in [6.45, 7) is 0. The Morgan fingerprint density at radius 1 is 1.59 bits per heavy atom. The zero-order chi connectivity index (χ0) is 12.4. The lowest BCUT2D eigenvalue weighted by molar-refractivity contribution is -0.384. The monoisotopic (exact) mass is 270 g/mol. The summed E-state index contributed by atoms with van der Waals surface area (Å²) in [6, 6.07) is 4.42. The average molecular weight is 270 g/mol. The van der Waals surface area contributed by atoms with E-state index in [0.29, 0.717) is 9.86 Å². The van der Waals surface area contributed by atoms with Crippen molar-refractivity contribution in [2.45, 2.75) is 4.34 Å². The van der Waals surface area contributed by atoms with E-state index >= 15 is 0 Å². The number of fused-ring (bicyclic) bond motifs is 1. The number of nitrogens with zero attached hydrogens (tertiary/aromatic N) is 2. The molecule has 1 aromatic heterocycles. The number of hydrogen-bond acceptors (Lipinski definition) is 6. The number of hydrogen-bond donors (Lipinski definition) is 1. The molecule has 0 atom stereocenters. The SMILES string of the molecule is O=C(O)CSc1nc2cc([N+](=O)[O-])ccc2s1. The van der Waals surface area contributed by atoms with Crippen LogP contribution in [0.15, 0.2) is 22.5 Å². The third kappa shape index (κ3) is 2.71. The van der Waals surface area contributed by atoms with E-state index in [1.165, 1.54) is 23.5 Å². The van der Waals surface area contributed by atoms with Gasteiger partial charge in [-0.3, -0.25) is 14.9 Å². The van der Waals surface area contributed by atoms with Crippen LogP contribution in [0.5, 0.6) is 0 Å². The van der Waals surface area contributed by atoms with Crippen molar-refractivity contribution in [3.8, 4) is 0 Å². The molecule has 17 heavy (non-hydrogen) atoms. The first-order chi connectivity index (χ1) is 8.06. The molecule has 6 nitrogen and oxygen atoms in total. The Kier molecular flexibility index (Phi) is 3.25. The molecule has 0 aliphatic heterocycles. The average Bonchev–Trinajstić information content (AvgIpc) is 2.67. The number of nitro groups is 1. The Balaban J connectivity index is 2.30. The van der Waals surface area contributed by atoms with Gasteiger partial charge in [0, 0.05) is 12.1 Å². The van der Waals surface area contributed by atoms with Gasteiger partial charge in [-0.25, -0.2) is 4.98 Å². The highest BCUT2D eigenvalue weighted by Crippen LogP contribution is 2.31. The molecule has 0 radical (unpaired) electrons. The fraction of sp³-hybridized carbons (Fsp3) is 0.111. The van der Waals surface area contributed by atoms with Crippen LogP contribution in [0.2, 0.25) is 0 Å². The maximum Gasteiger partial charge on any atom is 0.313 e. The van der Waals surface area contributed by atoms with E-state index in [1.807, 2.05) is 0 Å². The van der Waals surface area contributed by atoms with Gasteiger partial charge in [0.2, 0.25) is 0 Å². The van der Waals surface area contributed by atoms with Crippen molar-refractivity contribution in [2.75, 3.05) is 5.75 Å². The largest absolute Gasteiger partial charge is 0.481 e. The van der Waals surface area contributed by atoms with Crippen LogP contribution in [0.3, 0.4) is 0 Å². The highest BCUT2D eigenvalue weighted by molar-refractivity contribution is 8.01. The molecular formula is C9H6N2O4S2. The van der Waals surface area contributed by atoms with Crippen LogP contribution in [0, 0.1) is 10.1 Å². The predicted molar refractivity (Wildman–Crippen MR) is 64.6 cm³/mol. The van der Waals surface area contributed by atoms with Crippen LogP contribution in [0.25, 0.3) is 10.2 Å². The van der Waals surface area contributed by atoms with Crippen molar-refractivity contribution in [3.63, 3.8) is 0 Å². The number of non-ortho nitro benzene ring substituents is 1. The van der Waals surface area contributed by atoms with Gasteiger partial charge in [-0.15, -0.1) is 11.3 Å². The van der Waals surface area contributed by atoms with Crippen molar-refractivity contribution in [2.24, 2.45) is 0 Å². The van der Waals surface area contributed by atoms with Crippen molar-refractivity contribution in [3.05, 3.63) is 28.3 Å². The van der Waals surface area contributed by atoms with Crippen LogP contribution in [-0.2, 0) is 4.79 Å². The van der Waals surface area contributed by atoms with Gasteiger partial charge in [0.1, 0.15) is 0 Å². The van der Waals surface area contributed by atoms with Gasteiger partial charge in [0.05, 0.1) is 20.9 Å². The molecule has 1 N–H and O–H groups in total. The van der Waals surface area contributed by atoms with E-state index in [2.05, 4.69) is 4.98 Å². The van der Waals surface area contributed by atoms with E-state index < -0.39 is 10.9 Å². The zero-order valence-corrected chi connectivity index (χ0v) is 9.96. The molecule has 2 aromatic rings. The van der Waals surface area contributed by atoms with Gasteiger partial charge in [-0.1, -0.05) is 11.8 Å². The Hall–Kier alpha value is -1.67. The van der Waals surface area contributed by atoms with Crippen molar-refractivity contribution < 1.29 is 14.8 Å². The molecule has 0 aliphatic rings. The second kappa shape index (κ2) is 4.68. The number of nitro benzene ring substituents is 1. The summed E-state index contributed by atoms with van der Waals surface area (Å²) in [6.07, 6.45) is 0. The van der Waals surface area contributed by atoms with Gasteiger partial charge in [-0.05, 0) is 6.07 Å². The van der Waals surface area contributed by atoms with E-state index in [1.54, 1.807) is 6.07 Å². The molecule has 8 heteroatoms. The maximum atomic E-state index is 10.6. The summed E-state index contributed by atoms with van der Waals surface area (Å²) in [4.78, 5) is 24.6. The molecular weight excluding hydrogens is 264 g/mol. The minimum absolute atomic E-state index is 0.0161. The molecule has 0 fully saturated rings. The normalized spacial score (nSPS) is 10.6. The number of carboxylic acid groups (broad SMARTS) is 1. The lowest BCUT2D eigenvalue weighted by Gasteiger charge is -1.89. The minimum atomic E-state index is -0.916. The van der Waals surface area contributed by atoms with Crippen LogP contribution in [0.1, 0.15) is 0 Å². The fourth-order valence-corrected chi connectivity index (χ4v) is 2.96. The number of carbonyl (C=O) groups is 1. The standard InChI is InChI=1S/C9H6N2O4S2/c12-8(13)4-16-9-10-6-3-5(11(14)15)1-2-7(6)17-9/h1-3H,4H2,(H,12,13). The van der Waals surface area contributed by atoms with E-state index in [0.717, 1.165) is 16.5 Å². The topological polar surface area (TPSA) is 93.3 Å². The van der Waals surface area contributed by atoms with Crippen molar-refractivity contribution in [1.82, 2.24) is 4.98 Å². The molecule has 0 amide bonds. The zero-order valence-electron chi connectivity index (χ0n) is 8.32. The molecule has 0 saturated heterocycles. The highest BCUT2D eigenvalue weighted by Gasteiger charge is 2.11. The van der Waals surface area contributed by atoms with E-state index in [9.17, 15) is 14.9 Å². The van der Waals surface area contributed by atoms with E-state index in [4.69, 9.17) is 5.11 Å². The molecule has 0 bridgehead atoms. The van der Waals surface area contributed by atoms with Gasteiger partial charge in [0.25, 0.3) is 5.69 Å². The number of thiazole rings is 1. The highest BCUT2D eigenvalue weighted by atomic mass is 32.2. The molecule has 0 saturated carbocycles. The van der Waals surface area contributed by atoms with Crippen LogP contribution < -0.4 is 0 Å². The Bertz CT molecular complexity index is 596. The van der Waals surface area contributed by atoms with Crippen LogP contribution in [-0.4, -0.2) is 26.7 Å². The lowest BCUT2D eigenvalue weighted by Crippen LogP contribution is -1.96. The Morgan fingerprint density at radius 2 is 2.35 bits per heavy atom. The minimum Gasteiger partial charge on any atom is -0.481 e. The molecule has 1 heterocycles. The number of rotatable bonds is 4. The Labute approximate surface area is 103 Å². The second-order valence-electron chi connectivity index (χ2n) is 3.07. The van der Waals surface area contributed by atoms with Gasteiger partial charge in [-0.2, -0.15) is 0 Å². The summed E-state index contributed by atoms with van der Waals surface area (Å²) in [5.74, 6) is -0.984. The fourth-order valence-electron chi connectivity index (χ4n) is 1.19. The molecule has 2 rings (SSSR count). The summed E-state index contributed by atoms with van der Waals surface area (Å²) >= 11 is 2.43. The van der Waals surface area contributed by atoms with Gasteiger partial charge < -0.3 is 5.11 Å². The first-order valence-electron chi connectivity index (χ1n) is 4.46. The third-order valence-corrected chi connectivity index (χ3v) is 4.05. The first kappa shape index (κ1) is 11.8. The molecule has 0 spiro atoms. The predicted octanol–water partition coefficient (Wildman–Crippen LogP) is 2.38. The summed E-state index contributed by atoms with van der Waals surface area (Å²) in [5, 5.41) is 19.1. The lowest BCUT2D eigenvalue weighted by atomic mass is 10.3. The van der Waals surface area contributed by atoms with Crippen LogP contribution in [0.4, 0.5) is 5.69 Å². The molecule has 0 aliphatic carbocycles. The summed E-state index contributed by atoms with van der Waals surface area (Å²) < 4.78 is 1.41. The Morgan fingerprint density at radius 3 is 3.00 bits per heavy atom. The van der Waals surface area contributed by atoms with Crippen molar-refractivity contribution in [1.29, 1.82) is 0 Å². The number of aromatic nitrogens is 1. The van der Waals surface area contributed by atoms with Gasteiger partial charge >= 0.3 is 5.97 Å². The van der Waals surface area contributed by atoms with Crippen LogP contribution >= 0.6 is 23.1 Å². The number of aliphatic carboxylic acids is 1. The molecule has 1 aromatic carbocycles. The first-order valence-corrected chi connectivity index (χ1v) is 6.26.